The van der Waals surface area contributed by atoms with Gasteiger partial charge in [-0.05, 0) is 24.4 Å². The molecule has 0 aromatic heterocycles. The Balaban J connectivity index is 2.11. The first-order chi connectivity index (χ1) is 9.08. The van der Waals surface area contributed by atoms with Crippen LogP contribution in [0.2, 0.25) is 0 Å². The minimum Gasteiger partial charge on any atom is -0.376 e. The molecule has 1 aromatic rings. The first-order valence-electron chi connectivity index (χ1n) is 6.24. The number of hydrogen-bond acceptors (Lipinski definition) is 3. The first-order valence-corrected chi connectivity index (χ1v) is 6.64. The number of para-hydroxylation sites is 2. The molecule has 19 heavy (non-hydrogen) atoms. The van der Waals surface area contributed by atoms with Crippen molar-refractivity contribution in [2.75, 3.05) is 36.4 Å². The van der Waals surface area contributed by atoms with E-state index >= 15 is 0 Å². The lowest BCUT2D eigenvalue weighted by Crippen LogP contribution is -2.48. The number of anilines is 2. The third-order valence-corrected chi connectivity index (χ3v) is 3.33. The van der Waals surface area contributed by atoms with Gasteiger partial charge in [0.15, 0.2) is 5.11 Å². The maximum absolute atomic E-state index is 11.3. The van der Waals surface area contributed by atoms with Crippen LogP contribution in [0, 0.1) is 0 Å². The molecule has 0 atom stereocenters. The Hall–Kier alpha value is -1.82. The van der Waals surface area contributed by atoms with Crippen molar-refractivity contribution in [3.05, 3.63) is 24.3 Å². The van der Waals surface area contributed by atoms with Crippen LogP contribution in [0.3, 0.4) is 0 Å². The topological polar surface area (TPSA) is 61.6 Å². The molecule has 2 rings (SSSR count). The molecule has 0 aliphatic carbocycles. The third-order valence-electron chi connectivity index (χ3n) is 3.23. The molecule has 0 bridgehead atoms. The third kappa shape index (κ3) is 3.35. The van der Waals surface area contributed by atoms with Gasteiger partial charge >= 0.3 is 0 Å². The lowest BCUT2D eigenvalue weighted by molar-refractivity contribution is -0.129. The van der Waals surface area contributed by atoms with Gasteiger partial charge in [0, 0.05) is 33.1 Å². The van der Waals surface area contributed by atoms with Crippen LogP contribution >= 0.6 is 12.2 Å². The second kappa shape index (κ2) is 5.88. The maximum Gasteiger partial charge on any atom is 0.219 e. The normalized spacial score (nSPS) is 15.2. The number of carbonyl (C=O) groups excluding carboxylic acids is 1. The number of hydrogen-bond donors (Lipinski definition) is 2. The van der Waals surface area contributed by atoms with Crippen molar-refractivity contribution in [2.24, 2.45) is 5.73 Å². The quantitative estimate of drug-likeness (QED) is 0.791. The molecule has 0 unspecified atom stereocenters. The summed E-state index contributed by atoms with van der Waals surface area (Å²) in [6.45, 7) is 4.73. The second-order valence-corrected chi connectivity index (χ2v) is 4.94. The highest BCUT2D eigenvalue weighted by atomic mass is 32.1. The molecule has 1 fully saturated rings. The van der Waals surface area contributed by atoms with Crippen molar-refractivity contribution in [2.45, 2.75) is 6.92 Å². The Labute approximate surface area is 118 Å². The summed E-state index contributed by atoms with van der Waals surface area (Å²) in [5.41, 5.74) is 7.51. The Kier molecular flexibility index (Phi) is 4.21. The number of piperazine rings is 1. The van der Waals surface area contributed by atoms with Crippen LogP contribution in [0.4, 0.5) is 11.4 Å². The van der Waals surface area contributed by atoms with Crippen LogP contribution in [0.1, 0.15) is 6.92 Å². The minimum atomic E-state index is 0.134. The van der Waals surface area contributed by atoms with E-state index in [1.807, 2.05) is 29.2 Å². The maximum atomic E-state index is 11.3. The molecule has 1 saturated heterocycles. The summed E-state index contributed by atoms with van der Waals surface area (Å²) in [5.74, 6) is 0.134. The number of nitrogens with one attached hydrogen (secondary N) is 1. The Morgan fingerprint density at radius 3 is 2.47 bits per heavy atom. The van der Waals surface area contributed by atoms with E-state index < -0.39 is 0 Å². The number of nitrogens with two attached hydrogens (primary N) is 1. The largest absolute Gasteiger partial charge is 0.376 e. The van der Waals surface area contributed by atoms with Crippen molar-refractivity contribution in [3.63, 3.8) is 0 Å². The van der Waals surface area contributed by atoms with Gasteiger partial charge in [0.1, 0.15) is 0 Å². The van der Waals surface area contributed by atoms with Gasteiger partial charge in [0.05, 0.1) is 11.4 Å². The fraction of sp³-hybridized carbons (Fsp3) is 0.385. The van der Waals surface area contributed by atoms with Crippen molar-refractivity contribution in [1.82, 2.24) is 4.90 Å². The number of rotatable bonds is 2. The van der Waals surface area contributed by atoms with Crippen LogP contribution < -0.4 is 16.0 Å². The van der Waals surface area contributed by atoms with E-state index in [9.17, 15) is 4.79 Å². The number of thiocarbonyl (C=S) groups is 1. The monoisotopic (exact) mass is 278 g/mol. The minimum absolute atomic E-state index is 0.134. The summed E-state index contributed by atoms with van der Waals surface area (Å²) in [7, 11) is 0. The second-order valence-electron chi connectivity index (χ2n) is 4.50. The highest BCUT2D eigenvalue weighted by Crippen LogP contribution is 2.26. The van der Waals surface area contributed by atoms with Gasteiger partial charge in [-0.3, -0.25) is 4.79 Å². The van der Waals surface area contributed by atoms with Crippen molar-refractivity contribution in [1.29, 1.82) is 0 Å². The summed E-state index contributed by atoms with van der Waals surface area (Å²) in [6.07, 6.45) is 0. The zero-order chi connectivity index (χ0) is 13.8. The molecular formula is C13H18N4OS. The zero-order valence-corrected chi connectivity index (χ0v) is 11.7. The highest BCUT2D eigenvalue weighted by Gasteiger charge is 2.20. The van der Waals surface area contributed by atoms with Gasteiger partial charge in [-0.15, -0.1) is 0 Å². The molecule has 0 radical (unpaired) electrons. The van der Waals surface area contributed by atoms with E-state index in [-0.39, 0.29) is 11.0 Å². The lowest BCUT2D eigenvalue weighted by Gasteiger charge is -2.36. The fourth-order valence-electron chi connectivity index (χ4n) is 2.25. The van der Waals surface area contributed by atoms with E-state index in [0.717, 1.165) is 37.6 Å². The Morgan fingerprint density at radius 2 is 1.89 bits per heavy atom. The summed E-state index contributed by atoms with van der Waals surface area (Å²) in [4.78, 5) is 15.4. The molecule has 102 valence electrons. The highest BCUT2D eigenvalue weighted by molar-refractivity contribution is 7.80. The van der Waals surface area contributed by atoms with Crippen LogP contribution in [-0.2, 0) is 4.79 Å². The number of nitrogens with zero attached hydrogens (tertiary/aromatic N) is 2. The number of amides is 1. The van der Waals surface area contributed by atoms with Gasteiger partial charge < -0.3 is 20.9 Å². The average molecular weight is 278 g/mol. The zero-order valence-electron chi connectivity index (χ0n) is 10.9. The van der Waals surface area contributed by atoms with Gasteiger partial charge in [0.25, 0.3) is 0 Å². The molecule has 6 heteroatoms. The molecule has 1 aromatic carbocycles. The average Bonchev–Trinajstić information content (AvgIpc) is 2.39. The Bertz CT molecular complexity index is 483. The fourth-order valence-corrected chi connectivity index (χ4v) is 2.36. The van der Waals surface area contributed by atoms with Gasteiger partial charge in [-0.2, -0.15) is 0 Å². The van der Waals surface area contributed by atoms with E-state index in [2.05, 4.69) is 10.2 Å². The predicted octanol–water partition coefficient (Wildman–Crippen LogP) is 1.01. The van der Waals surface area contributed by atoms with Crippen LogP contribution in [0.25, 0.3) is 0 Å². The standard InChI is InChI=1S/C13H18N4OS/c1-10(18)16-6-8-17(9-7-16)12-5-3-2-4-11(12)15-13(14)19/h2-5H,6-9H2,1H3,(H3,14,15,19). The SMILES string of the molecule is CC(=O)N1CCN(c2ccccc2NC(N)=S)CC1. The van der Waals surface area contributed by atoms with Crippen LogP contribution in [0.5, 0.6) is 0 Å². The molecule has 0 spiro atoms. The van der Waals surface area contributed by atoms with E-state index in [1.165, 1.54) is 0 Å². The molecule has 1 amide bonds. The van der Waals surface area contributed by atoms with E-state index in [0.29, 0.717) is 0 Å². The summed E-state index contributed by atoms with van der Waals surface area (Å²) in [6, 6.07) is 7.91. The molecule has 1 heterocycles. The molecule has 3 N–H and O–H groups in total. The van der Waals surface area contributed by atoms with Gasteiger partial charge in [-0.1, -0.05) is 12.1 Å². The molecule has 0 saturated carbocycles. The Morgan fingerprint density at radius 1 is 1.26 bits per heavy atom. The molecular weight excluding hydrogens is 260 g/mol. The van der Waals surface area contributed by atoms with Crippen LogP contribution in [0.15, 0.2) is 24.3 Å². The van der Waals surface area contributed by atoms with Crippen molar-refractivity contribution < 1.29 is 4.79 Å². The summed E-state index contributed by atoms with van der Waals surface area (Å²) < 4.78 is 0. The lowest BCUT2D eigenvalue weighted by atomic mass is 10.2. The first kappa shape index (κ1) is 13.6. The van der Waals surface area contributed by atoms with Crippen molar-refractivity contribution in [3.8, 4) is 0 Å². The number of carbonyl (C=O) groups is 1. The van der Waals surface area contributed by atoms with Crippen molar-refractivity contribution >= 4 is 34.6 Å². The van der Waals surface area contributed by atoms with Gasteiger partial charge in [0.2, 0.25) is 5.91 Å². The number of benzene rings is 1. The van der Waals surface area contributed by atoms with Gasteiger partial charge in [-0.25, -0.2) is 0 Å². The van der Waals surface area contributed by atoms with E-state index in [4.69, 9.17) is 18.0 Å². The molecule has 1 aliphatic rings. The summed E-state index contributed by atoms with van der Waals surface area (Å²) in [5, 5.41) is 3.25. The molecule has 1 aliphatic heterocycles. The smallest absolute Gasteiger partial charge is 0.219 e. The predicted molar refractivity (Wildman–Crippen MR) is 81.3 cm³/mol. The van der Waals surface area contributed by atoms with E-state index in [1.54, 1.807) is 6.92 Å². The summed E-state index contributed by atoms with van der Waals surface area (Å²) >= 11 is 4.89. The van der Waals surface area contributed by atoms with Crippen LogP contribution in [-0.4, -0.2) is 42.1 Å². The molecule has 5 nitrogen and oxygen atoms in total.